The summed E-state index contributed by atoms with van der Waals surface area (Å²) in [7, 11) is -2.51. The van der Waals surface area contributed by atoms with Gasteiger partial charge in [-0.15, -0.1) is 11.3 Å². The highest BCUT2D eigenvalue weighted by Crippen LogP contribution is 2.27. The van der Waals surface area contributed by atoms with Gasteiger partial charge in [-0.2, -0.15) is 5.10 Å². The third kappa shape index (κ3) is 5.50. The number of hydrogen-bond donors (Lipinski definition) is 1. The number of benzene rings is 2. The summed E-state index contributed by atoms with van der Waals surface area (Å²) >= 11 is 1.50. The second kappa shape index (κ2) is 9.76. The molecule has 0 unspecified atom stereocenters. The van der Waals surface area contributed by atoms with E-state index in [4.69, 9.17) is 4.74 Å². The lowest BCUT2D eigenvalue weighted by molar-refractivity contribution is -0.119. The van der Waals surface area contributed by atoms with Crippen LogP contribution in [-0.4, -0.2) is 33.7 Å². The molecular weight excluding hydrogens is 434 g/mol. The Hall–Kier alpha value is -3.17. The van der Waals surface area contributed by atoms with Crippen LogP contribution in [0.15, 0.2) is 76.0 Å². The van der Waals surface area contributed by atoms with E-state index in [2.05, 4.69) is 10.5 Å². The third-order valence-corrected chi connectivity index (χ3v) is 7.23. The van der Waals surface area contributed by atoms with Gasteiger partial charge < -0.3 is 4.74 Å². The molecule has 0 fully saturated rings. The monoisotopic (exact) mass is 457 g/mol. The largest absolute Gasteiger partial charge is 0.497 e. The maximum Gasteiger partial charge on any atom is 0.264 e. The molecule has 9 heteroatoms. The molecule has 2 aromatic carbocycles. The van der Waals surface area contributed by atoms with Gasteiger partial charge in [0.15, 0.2) is 0 Å². The molecule has 3 aromatic rings. The quantitative estimate of drug-likeness (QED) is 0.412. The summed E-state index contributed by atoms with van der Waals surface area (Å²) < 4.78 is 33.0. The molecule has 0 bridgehead atoms. The molecule has 162 valence electrons. The molecular formula is C22H23N3O4S2. The number of carbonyl (C=O) groups excluding carboxylic acids is 1. The third-order valence-electron chi connectivity index (χ3n) is 4.46. The summed E-state index contributed by atoms with van der Waals surface area (Å²) in [5.41, 5.74) is 4.33. The number of methoxy groups -OCH3 is 1. The molecule has 0 radical (unpaired) electrons. The molecule has 7 nitrogen and oxygen atoms in total. The average Bonchev–Trinajstić information content (AvgIpc) is 3.31. The van der Waals surface area contributed by atoms with E-state index in [-0.39, 0.29) is 4.90 Å². The zero-order valence-corrected chi connectivity index (χ0v) is 19.0. The molecule has 1 heterocycles. The highest BCUT2D eigenvalue weighted by atomic mass is 32.2. The Bertz CT molecular complexity index is 1170. The topological polar surface area (TPSA) is 88.1 Å². The number of ether oxygens (including phenoxy) is 1. The number of rotatable bonds is 8. The normalized spacial score (nSPS) is 11.8. The van der Waals surface area contributed by atoms with Crippen molar-refractivity contribution in [1.82, 2.24) is 5.43 Å². The van der Waals surface area contributed by atoms with E-state index < -0.39 is 22.5 Å². The van der Waals surface area contributed by atoms with Crippen LogP contribution in [0.2, 0.25) is 0 Å². The molecule has 3 rings (SSSR count). The number of hydrazone groups is 1. The van der Waals surface area contributed by atoms with Crippen LogP contribution in [0.4, 0.5) is 5.69 Å². The van der Waals surface area contributed by atoms with Crippen LogP contribution in [0.5, 0.6) is 5.75 Å². The van der Waals surface area contributed by atoms with E-state index in [0.717, 1.165) is 14.7 Å². The van der Waals surface area contributed by atoms with Crippen molar-refractivity contribution in [3.63, 3.8) is 0 Å². The lowest BCUT2D eigenvalue weighted by Crippen LogP contribution is -2.39. The highest BCUT2D eigenvalue weighted by Gasteiger charge is 2.27. The van der Waals surface area contributed by atoms with Gasteiger partial charge in [0.2, 0.25) is 0 Å². The van der Waals surface area contributed by atoms with Crippen molar-refractivity contribution >= 4 is 38.7 Å². The maximum absolute atomic E-state index is 13.4. The van der Waals surface area contributed by atoms with Gasteiger partial charge in [-0.25, -0.2) is 13.8 Å². The number of hydrogen-bond acceptors (Lipinski definition) is 6. The van der Waals surface area contributed by atoms with E-state index in [9.17, 15) is 13.2 Å². The minimum Gasteiger partial charge on any atom is -0.497 e. The number of sulfonamides is 1. The summed E-state index contributed by atoms with van der Waals surface area (Å²) in [6.45, 7) is 3.21. The van der Waals surface area contributed by atoms with Crippen molar-refractivity contribution in [2.45, 2.75) is 18.7 Å². The van der Waals surface area contributed by atoms with Gasteiger partial charge in [-0.05, 0) is 49.6 Å². The summed E-state index contributed by atoms with van der Waals surface area (Å²) in [4.78, 5) is 13.6. The van der Waals surface area contributed by atoms with Gasteiger partial charge in [0.1, 0.15) is 12.3 Å². The zero-order valence-electron chi connectivity index (χ0n) is 17.4. The van der Waals surface area contributed by atoms with Crippen LogP contribution in [0, 0.1) is 6.92 Å². The van der Waals surface area contributed by atoms with Crippen molar-refractivity contribution in [1.29, 1.82) is 0 Å². The Labute approximate surface area is 186 Å². The van der Waals surface area contributed by atoms with Crippen LogP contribution in [0.1, 0.15) is 17.4 Å². The SMILES string of the molecule is COc1cccc(N(CC(=O)N/N=C(/C)c2cccs2)S(=O)(=O)c2ccc(C)cc2)c1. The highest BCUT2D eigenvalue weighted by molar-refractivity contribution is 7.92. The van der Waals surface area contributed by atoms with Gasteiger partial charge in [0, 0.05) is 10.9 Å². The smallest absolute Gasteiger partial charge is 0.264 e. The molecule has 0 aliphatic carbocycles. The van der Waals surface area contributed by atoms with Crippen molar-refractivity contribution in [3.8, 4) is 5.75 Å². The number of nitrogens with one attached hydrogen (secondary N) is 1. The summed E-state index contributed by atoms with van der Waals surface area (Å²) in [6, 6.07) is 16.8. The van der Waals surface area contributed by atoms with Gasteiger partial charge in [0.05, 0.1) is 23.4 Å². The van der Waals surface area contributed by atoms with Crippen LogP contribution >= 0.6 is 11.3 Å². The molecule has 0 atom stereocenters. The Kier molecular flexibility index (Phi) is 7.09. The van der Waals surface area contributed by atoms with Crippen LogP contribution in [0.3, 0.4) is 0 Å². The molecule has 1 amide bonds. The summed E-state index contributed by atoms with van der Waals surface area (Å²) in [6.07, 6.45) is 0. The molecule has 0 spiro atoms. The van der Waals surface area contributed by atoms with E-state index in [0.29, 0.717) is 17.1 Å². The first-order valence-electron chi connectivity index (χ1n) is 9.42. The zero-order chi connectivity index (χ0) is 22.4. The first kappa shape index (κ1) is 22.5. The van der Waals surface area contributed by atoms with Crippen molar-refractivity contribution < 1.29 is 17.9 Å². The fourth-order valence-corrected chi connectivity index (χ4v) is 4.86. The maximum atomic E-state index is 13.4. The number of thiophene rings is 1. The number of nitrogens with zero attached hydrogens (tertiary/aromatic N) is 2. The van der Waals surface area contributed by atoms with E-state index >= 15 is 0 Å². The van der Waals surface area contributed by atoms with Crippen molar-refractivity contribution in [2.24, 2.45) is 5.10 Å². The van der Waals surface area contributed by atoms with Gasteiger partial charge in [0.25, 0.3) is 15.9 Å². The number of amides is 1. The molecule has 1 aromatic heterocycles. The number of anilines is 1. The Morgan fingerprint density at radius 1 is 1.13 bits per heavy atom. The number of aryl methyl sites for hydroxylation is 1. The van der Waals surface area contributed by atoms with E-state index in [1.54, 1.807) is 43.3 Å². The molecule has 0 aliphatic heterocycles. The van der Waals surface area contributed by atoms with Crippen molar-refractivity contribution in [3.05, 3.63) is 76.5 Å². The lowest BCUT2D eigenvalue weighted by Gasteiger charge is -2.24. The second-order valence-electron chi connectivity index (χ2n) is 6.74. The Morgan fingerprint density at radius 3 is 2.52 bits per heavy atom. The summed E-state index contributed by atoms with van der Waals surface area (Å²) in [5.74, 6) is -0.0806. The second-order valence-corrected chi connectivity index (χ2v) is 9.55. The summed E-state index contributed by atoms with van der Waals surface area (Å²) in [5, 5.41) is 6.01. The minimum atomic E-state index is -4.00. The van der Waals surface area contributed by atoms with Gasteiger partial charge in [-0.3, -0.25) is 9.10 Å². The van der Waals surface area contributed by atoms with Crippen LogP contribution < -0.4 is 14.5 Å². The van der Waals surface area contributed by atoms with Gasteiger partial charge >= 0.3 is 0 Å². The standard InChI is InChI=1S/C22H23N3O4S2/c1-16-9-11-20(12-10-16)31(27,28)25(18-6-4-7-19(14-18)29-3)15-22(26)24-23-17(2)21-8-5-13-30-21/h4-14H,15H2,1-3H3,(H,24,26)/b23-17-. The van der Waals surface area contributed by atoms with Gasteiger partial charge in [-0.1, -0.05) is 29.8 Å². The Balaban J connectivity index is 1.91. The lowest BCUT2D eigenvalue weighted by atomic mass is 10.2. The fourth-order valence-electron chi connectivity index (χ4n) is 2.77. The predicted molar refractivity (Wildman–Crippen MR) is 123 cm³/mol. The van der Waals surface area contributed by atoms with E-state index in [1.807, 2.05) is 24.4 Å². The Morgan fingerprint density at radius 2 is 1.87 bits per heavy atom. The molecule has 0 saturated heterocycles. The molecule has 31 heavy (non-hydrogen) atoms. The molecule has 1 N–H and O–H groups in total. The number of carbonyl (C=O) groups is 1. The fraction of sp³-hybridized carbons (Fsp3) is 0.182. The molecule has 0 aliphatic rings. The average molecular weight is 458 g/mol. The van der Waals surface area contributed by atoms with Crippen LogP contribution in [0.25, 0.3) is 0 Å². The predicted octanol–water partition coefficient (Wildman–Crippen LogP) is 3.80. The van der Waals surface area contributed by atoms with Crippen molar-refractivity contribution in [2.75, 3.05) is 18.0 Å². The first-order chi connectivity index (χ1) is 14.8. The minimum absolute atomic E-state index is 0.0898. The first-order valence-corrected chi connectivity index (χ1v) is 11.7. The van der Waals surface area contributed by atoms with E-state index in [1.165, 1.54) is 30.6 Å². The van der Waals surface area contributed by atoms with Crippen LogP contribution in [-0.2, 0) is 14.8 Å². The molecule has 0 saturated carbocycles.